The normalized spacial score (nSPS) is 16.6. The summed E-state index contributed by atoms with van der Waals surface area (Å²) in [4.78, 5) is 22.2. The quantitative estimate of drug-likeness (QED) is 0.920. The Hall–Kier alpha value is -1.56. The molecular weight excluding hydrogens is 280 g/mol. The molecule has 6 nitrogen and oxygen atoms in total. The standard InChI is InChI=1S/C13H19ClN4O2/c1-9(12(19)18-6-4-3-5-7-18)16-11-10(14)8-15-13(17-11)20-2/h8-9H,3-7H2,1-2H3,(H,15,16,17). The highest BCUT2D eigenvalue weighted by atomic mass is 35.5. The molecule has 1 saturated heterocycles. The van der Waals surface area contributed by atoms with Crippen LogP contribution in [-0.2, 0) is 4.79 Å². The van der Waals surface area contributed by atoms with Crippen LogP contribution in [0.2, 0.25) is 5.02 Å². The maximum absolute atomic E-state index is 12.3. The van der Waals surface area contributed by atoms with Crippen LogP contribution in [0.3, 0.4) is 0 Å². The van der Waals surface area contributed by atoms with Gasteiger partial charge in [0.15, 0.2) is 5.82 Å². The van der Waals surface area contributed by atoms with Gasteiger partial charge < -0.3 is 15.0 Å². The minimum absolute atomic E-state index is 0.0679. The number of carbonyl (C=O) groups excluding carboxylic acids is 1. The number of likely N-dealkylation sites (tertiary alicyclic amines) is 1. The van der Waals surface area contributed by atoms with Gasteiger partial charge in [-0.3, -0.25) is 4.79 Å². The molecule has 1 aromatic rings. The fraction of sp³-hybridized carbons (Fsp3) is 0.615. The Morgan fingerprint density at radius 3 is 2.80 bits per heavy atom. The van der Waals surface area contributed by atoms with Gasteiger partial charge in [-0.05, 0) is 26.2 Å². The predicted molar refractivity (Wildman–Crippen MR) is 77.1 cm³/mol. The van der Waals surface area contributed by atoms with Crippen LogP contribution in [0.15, 0.2) is 6.20 Å². The first-order chi connectivity index (χ1) is 9.61. The zero-order chi connectivity index (χ0) is 14.5. The largest absolute Gasteiger partial charge is 0.467 e. The second-order valence-corrected chi connectivity index (χ2v) is 5.21. The zero-order valence-electron chi connectivity index (χ0n) is 11.7. The molecule has 1 N–H and O–H groups in total. The fourth-order valence-corrected chi connectivity index (χ4v) is 2.35. The van der Waals surface area contributed by atoms with Crippen molar-refractivity contribution in [3.63, 3.8) is 0 Å². The number of hydrogen-bond donors (Lipinski definition) is 1. The third-order valence-corrected chi connectivity index (χ3v) is 3.57. The van der Waals surface area contributed by atoms with Gasteiger partial charge in [0.05, 0.1) is 13.3 Å². The van der Waals surface area contributed by atoms with Crippen molar-refractivity contribution in [3.05, 3.63) is 11.2 Å². The Labute approximate surface area is 123 Å². The molecule has 20 heavy (non-hydrogen) atoms. The lowest BCUT2D eigenvalue weighted by molar-refractivity contribution is -0.132. The zero-order valence-corrected chi connectivity index (χ0v) is 12.5. The van der Waals surface area contributed by atoms with Crippen LogP contribution in [-0.4, -0.2) is 47.0 Å². The third-order valence-electron chi connectivity index (χ3n) is 3.30. The number of aromatic nitrogens is 2. The summed E-state index contributed by atoms with van der Waals surface area (Å²) < 4.78 is 4.95. The van der Waals surface area contributed by atoms with Crippen molar-refractivity contribution in [2.45, 2.75) is 32.2 Å². The van der Waals surface area contributed by atoms with Gasteiger partial charge in [-0.15, -0.1) is 0 Å². The highest BCUT2D eigenvalue weighted by Gasteiger charge is 2.23. The van der Waals surface area contributed by atoms with Crippen molar-refractivity contribution in [1.29, 1.82) is 0 Å². The third kappa shape index (κ3) is 3.50. The summed E-state index contributed by atoms with van der Waals surface area (Å²) in [7, 11) is 1.48. The topological polar surface area (TPSA) is 67.3 Å². The van der Waals surface area contributed by atoms with Crippen LogP contribution in [0, 0.1) is 0 Å². The van der Waals surface area contributed by atoms with Crippen molar-refractivity contribution < 1.29 is 9.53 Å². The van der Waals surface area contributed by atoms with E-state index < -0.39 is 0 Å². The Morgan fingerprint density at radius 2 is 2.15 bits per heavy atom. The van der Waals surface area contributed by atoms with Gasteiger partial charge in [0.25, 0.3) is 0 Å². The summed E-state index contributed by atoms with van der Waals surface area (Å²) in [6, 6.07) is -0.167. The van der Waals surface area contributed by atoms with E-state index in [-0.39, 0.29) is 18.0 Å². The van der Waals surface area contributed by atoms with E-state index in [1.807, 2.05) is 11.8 Å². The second kappa shape index (κ2) is 6.74. The van der Waals surface area contributed by atoms with E-state index in [1.165, 1.54) is 19.7 Å². The van der Waals surface area contributed by atoms with Crippen molar-refractivity contribution in [3.8, 4) is 6.01 Å². The summed E-state index contributed by atoms with van der Waals surface area (Å²) in [5.74, 6) is 0.481. The molecule has 7 heteroatoms. The lowest BCUT2D eigenvalue weighted by Gasteiger charge is -2.29. The van der Waals surface area contributed by atoms with Crippen molar-refractivity contribution >= 4 is 23.3 Å². The molecular formula is C13H19ClN4O2. The summed E-state index contributed by atoms with van der Waals surface area (Å²) >= 11 is 6.02. The van der Waals surface area contributed by atoms with Gasteiger partial charge in [-0.25, -0.2) is 4.98 Å². The summed E-state index contributed by atoms with van der Waals surface area (Å²) in [6.45, 7) is 3.46. The number of carbonyl (C=O) groups is 1. The lowest BCUT2D eigenvalue weighted by atomic mass is 10.1. The highest BCUT2D eigenvalue weighted by Crippen LogP contribution is 2.21. The van der Waals surface area contributed by atoms with E-state index >= 15 is 0 Å². The molecule has 2 heterocycles. The molecule has 1 aromatic heterocycles. The number of anilines is 1. The Bertz CT molecular complexity index is 477. The molecule has 1 unspecified atom stereocenters. The van der Waals surface area contributed by atoms with Crippen LogP contribution in [0.5, 0.6) is 6.01 Å². The van der Waals surface area contributed by atoms with E-state index in [2.05, 4.69) is 15.3 Å². The summed E-state index contributed by atoms with van der Waals surface area (Å²) in [5.41, 5.74) is 0. The van der Waals surface area contributed by atoms with Gasteiger partial charge in [0, 0.05) is 13.1 Å². The number of piperidine rings is 1. The van der Waals surface area contributed by atoms with Gasteiger partial charge in [-0.1, -0.05) is 11.6 Å². The Balaban J connectivity index is 2.03. The Morgan fingerprint density at radius 1 is 1.45 bits per heavy atom. The van der Waals surface area contributed by atoms with Crippen molar-refractivity contribution in [2.75, 3.05) is 25.5 Å². The molecule has 0 saturated carbocycles. The maximum Gasteiger partial charge on any atom is 0.318 e. The van der Waals surface area contributed by atoms with Crippen LogP contribution >= 0.6 is 11.6 Å². The van der Waals surface area contributed by atoms with Gasteiger partial charge in [-0.2, -0.15) is 4.98 Å². The Kier molecular flexibility index (Phi) is 5.00. The smallest absolute Gasteiger partial charge is 0.318 e. The number of hydrogen-bond acceptors (Lipinski definition) is 5. The van der Waals surface area contributed by atoms with Gasteiger partial charge >= 0.3 is 6.01 Å². The molecule has 0 radical (unpaired) electrons. The number of nitrogens with one attached hydrogen (secondary N) is 1. The van der Waals surface area contributed by atoms with Crippen LogP contribution in [0.4, 0.5) is 5.82 Å². The molecule has 110 valence electrons. The van der Waals surface area contributed by atoms with E-state index in [1.54, 1.807) is 0 Å². The average molecular weight is 299 g/mol. The van der Waals surface area contributed by atoms with E-state index in [4.69, 9.17) is 16.3 Å². The number of amides is 1. The van der Waals surface area contributed by atoms with Crippen LogP contribution < -0.4 is 10.1 Å². The van der Waals surface area contributed by atoms with Crippen LogP contribution in [0.1, 0.15) is 26.2 Å². The van der Waals surface area contributed by atoms with Gasteiger partial charge in [0.1, 0.15) is 11.1 Å². The first kappa shape index (κ1) is 14.8. The average Bonchev–Trinajstić information content (AvgIpc) is 2.49. The van der Waals surface area contributed by atoms with E-state index in [9.17, 15) is 4.79 Å². The predicted octanol–water partition coefficient (Wildman–Crippen LogP) is 1.95. The molecule has 1 aliphatic rings. The van der Waals surface area contributed by atoms with Crippen LogP contribution in [0.25, 0.3) is 0 Å². The van der Waals surface area contributed by atoms with E-state index in [0.29, 0.717) is 10.8 Å². The number of ether oxygens (including phenoxy) is 1. The molecule has 2 rings (SSSR count). The number of methoxy groups -OCH3 is 1. The number of halogens is 1. The molecule has 1 fully saturated rings. The van der Waals surface area contributed by atoms with Crippen molar-refractivity contribution in [1.82, 2.24) is 14.9 Å². The maximum atomic E-state index is 12.3. The van der Waals surface area contributed by atoms with Gasteiger partial charge in [0.2, 0.25) is 5.91 Å². The number of nitrogens with zero attached hydrogens (tertiary/aromatic N) is 3. The number of rotatable bonds is 4. The second-order valence-electron chi connectivity index (χ2n) is 4.81. The molecule has 0 aliphatic carbocycles. The molecule has 1 aliphatic heterocycles. The minimum Gasteiger partial charge on any atom is -0.467 e. The van der Waals surface area contributed by atoms with Crippen molar-refractivity contribution in [2.24, 2.45) is 0 Å². The molecule has 0 aromatic carbocycles. The molecule has 0 bridgehead atoms. The fourth-order valence-electron chi connectivity index (χ4n) is 2.21. The minimum atomic E-state index is -0.384. The summed E-state index contributed by atoms with van der Waals surface area (Å²) in [5, 5.41) is 3.39. The summed E-state index contributed by atoms with van der Waals surface area (Å²) in [6.07, 6.45) is 4.79. The monoisotopic (exact) mass is 298 g/mol. The molecule has 0 spiro atoms. The molecule has 1 amide bonds. The first-order valence-electron chi connectivity index (χ1n) is 6.73. The first-order valence-corrected chi connectivity index (χ1v) is 7.11. The van der Waals surface area contributed by atoms with E-state index in [0.717, 1.165) is 25.9 Å². The highest BCUT2D eigenvalue weighted by molar-refractivity contribution is 6.32. The lowest BCUT2D eigenvalue weighted by Crippen LogP contribution is -2.44. The molecule has 1 atom stereocenters. The SMILES string of the molecule is COc1ncc(Cl)c(NC(C)C(=O)N2CCCCC2)n1.